The summed E-state index contributed by atoms with van der Waals surface area (Å²) in [5.41, 5.74) is 3.34. The Bertz CT molecular complexity index is 788. The molecule has 0 spiro atoms. The predicted molar refractivity (Wildman–Crippen MR) is 105 cm³/mol. The van der Waals surface area contributed by atoms with Crippen LogP contribution in [-0.2, 0) is 12.1 Å². The first kappa shape index (κ1) is 17.6. The van der Waals surface area contributed by atoms with Gasteiger partial charge in [-0.05, 0) is 61.2 Å². The van der Waals surface area contributed by atoms with Gasteiger partial charge in [0, 0.05) is 18.3 Å². The molecule has 2 unspecified atom stereocenters. The van der Waals surface area contributed by atoms with Gasteiger partial charge >= 0.3 is 0 Å². The highest BCUT2D eigenvalue weighted by Crippen LogP contribution is 2.44. The number of hydrogen-bond donors (Lipinski definition) is 2. The quantitative estimate of drug-likeness (QED) is 0.791. The third kappa shape index (κ3) is 3.38. The highest BCUT2D eigenvalue weighted by atomic mass is 32.2. The van der Waals surface area contributed by atoms with E-state index in [1.165, 1.54) is 43.0 Å². The largest absolute Gasteiger partial charge is 0.348 e. The van der Waals surface area contributed by atoms with E-state index in [-0.39, 0.29) is 11.4 Å². The molecule has 1 saturated heterocycles. The second-order valence-electron chi connectivity index (χ2n) is 7.37. The number of rotatable bonds is 5. The minimum absolute atomic E-state index is 0.0716. The molecule has 2 heterocycles. The van der Waals surface area contributed by atoms with E-state index in [0.29, 0.717) is 12.1 Å². The van der Waals surface area contributed by atoms with Gasteiger partial charge in [-0.2, -0.15) is 0 Å². The highest BCUT2D eigenvalue weighted by molar-refractivity contribution is 7.98. The fraction of sp³-hybridized carbons (Fsp3) is 0.429. The molecule has 5 heteroatoms. The zero-order valence-electron chi connectivity index (χ0n) is 15.1. The number of amides is 1. The predicted octanol–water partition coefficient (Wildman–Crippen LogP) is 3.72. The van der Waals surface area contributed by atoms with E-state index < -0.39 is 0 Å². The number of carbonyl (C=O) groups is 1. The van der Waals surface area contributed by atoms with Crippen LogP contribution in [0.25, 0.3) is 0 Å². The minimum atomic E-state index is -0.0716. The van der Waals surface area contributed by atoms with Crippen molar-refractivity contribution in [2.75, 3.05) is 12.8 Å². The molecule has 1 aromatic heterocycles. The normalized spacial score (nSPS) is 24.4. The summed E-state index contributed by atoms with van der Waals surface area (Å²) in [5.74, 6) is 0.769. The molecule has 2 fully saturated rings. The molecule has 1 saturated carbocycles. The van der Waals surface area contributed by atoms with E-state index in [1.807, 2.05) is 12.3 Å². The number of hydrogen-bond acceptors (Lipinski definition) is 4. The Labute approximate surface area is 159 Å². The smallest absolute Gasteiger partial charge is 0.254 e. The van der Waals surface area contributed by atoms with Crippen molar-refractivity contribution in [2.24, 2.45) is 5.92 Å². The number of benzene rings is 1. The Balaban J connectivity index is 1.41. The lowest BCUT2D eigenvalue weighted by molar-refractivity contribution is 0.0947. The van der Waals surface area contributed by atoms with Crippen LogP contribution in [-0.4, -0.2) is 23.7 Å². The van der Waals surface area contributed by atoms with E-state index >= 15 is 0 Å². The number of fused-ring (bicyclic) bond motifs is 2. The van der Waals surface area contributed by atoms with E-state index in [2.05, 4.69) is 39.9 Å². The van der Waals surface area contributed by atoms with Gasteiger partial charge in [0.1, 0.15) is 5.03 Å². The fourth-order valence-corrected chi connectivity index (χ4v) is 4.92. The molecule has 4 rings (SSSR count). The van der Waals surface area contributed by atoms with Gasteiger partial charge in [-0.15, -0.1) is 11.8 Å². The van der Waals surface area contributed by atoms with Gasteiger partial charge in [0.2, 0.25) is 0 Å². The molecule has 2 bridgehead atoms. The maximum absolute atomic E-state index is 12.4. The molecule has 2 aromatic rings. The van der Waals surface area contributed by atoms with Crippen molar-refractivity contribution in [1.82, 2.24) is 15.6 Å². The Hall–Kier alpha value is -1.85. The Kier molecular flexibility index (Phi) is 5.00. The van der Waals surface area contributed by atoms with Gasteiger partial charge in [-0.3, -0.25) is 4.79 Å². The summed E-state index contributed by atoms with van der Waals surface area (Å²) >= 11 is 1.49. The number of carbonyl (C=O) groups excluding carboxylic acids is 1. The number of nitrogens with one attached hydrogen (secondary N) is 2. The van der Waals surface area contributed by atoms with Gasteiger partial charge < -0.3 is 10.6 Å². The molecular formula is C21H25N3OS. The van der Waals surface area contributed by atoms with E-state index in [9.17, 15) is 4.79 Å². The SMILES string of the molecule is CSc1ncccc1C(=O)NCc1ccc(C23CCCC(CN2)C3)cc1. The van der Waals surface area contributed by atoms with Crippen molar-refractivity contribution in [3.8, 4) is 0 Å². The first-order valence-corrected chi connectivity index (χ1v) is 10.5. The third-order valence-electron chi connectivity index (χ3n) is 5.75. The second-order valence-corrected chi connectivity index (χ2v) is 8.16. The summed E-state index contributed by atoms with van der Waals surface area (Å²) in [4.78, 5) is 16.7. The fourth-order valence-electron chi connectivity index (χ4n) is 4.37. The van der Waals surface area contributed by atoms with Crippen LogP contribution in [0, 0.1) is 5.92 Å². The zero-order valence-corrected chi connectivity index (χ0v) is 15.9. The van der Waals surface area contributed by atoms with Gasteiger partial charge in [-0.1, -0.05) is 30.7 Å². The maximum Gasteiger partial charge on any atom is 0.254 e. The van der Waals surface area contributed by atoms with E-state index in [0.717, 1.165) is 23.1 Å². The van der Waals surface area contributed by atoms with Crippen molar-refractivity contribution in [3.05, 3.63) is 59.3 Å². The number of thioether (sulfide) groups is 1. The summed E-state index contributed by atoms with van der Waals surface area (Å²) in [6.45, 7) is 1.69. The number of aromatic nitrogens is 1. The standard InChI is InChI=1S/C21H25N3OS/c1-26-20-18(5-3-11-22-20)19(25)23-13-15-6-8-17(9-7-15)21-10-2-4-16(12-21)14-24-21/h3,5-9,11,16,24H,2,4,10,12-14H2,1H3,(H,23,25). The lowest BCUT2D eigenvalue weighted by Gasteiger charge is -2.33. The highest BCUT2D eigenvalue weighted by Gasteiger charge is 2.42. The molecule has 0 radical (unpaired) electrons. The molecule has 2 atom stereocenters. The first-order chi connectivity index (χ1) is 12.7. The van der Waals surface area contributed by atoms with Crippen LogP contribution in [0.1, 0.15) is 47.2 Å². The lowest BCUT2D eigenvalue weighted by atomic mass is 9.76. The van der Waals surface area contributed by atoms with Crippen molar-refractivity contribution in [2.45, 2.75) is 42.8 Å². The van der Waals surface area contributed by atoms with Gasteiger partial charge in [0.15, 0.2) is 0 Å². The van der Waals surface area contributed by atoms with Crippen molar-refractivity contribution >= 4 is 17.7 Å². The van der Waals surface area contributed by atoms with Gasteiger partial charge in [-0.25, -0.2) is 4.98 Å². The molecule has 2 N–H and O–H groups in total. The molecular weight excluding hydrogens is 342 g/mol. The van der Waals surface area contributed by atoms with Crippen molar-refractivity contribution in [1.29, 1.82) is 0 Å². The van der Waals surface area contributed by atoms with Gasteiger partial charge in [0.05, 0.1) is 5.56 Å². The zero-order chi connectivity index (χ0) is 18.0. The summed E-state index contributed by atoms with van der Waals surface area (Å²) in [6, 6.07) is 12.4. The lowest BCUT2D eigenvalue weighted by Crippen LogP contribution is -2.37. The van der Waals surface area contributed by atoms with E-state index in [1.54, 1.807) is 12.3 Å². The number of nitrogens with zero attached hydrogens (tertiary/aromatic N) is 1. The average Bonchev–Trinajstić information content (AvgIpc) is 3.01. The van der Waals surface area contributed by atoms with Crippen LogP contribution >= 0.6 is 11.8 Å². The second kappa shape index (κ2) is 7.41. The molecule has 4 nitrogen and oxygen atoms in total. The topological polar surface area (TPSA) is 54.0 Å². The van der Waals surface area contributed by atoms with Crippen LogP contribution in [0.3, 0.4) is 0 Å². The molecule has 1 aliphatic heterocycles. The van der Waals surface area contributed by atoms with Crippen LogP contribution < -0.4 is 10.6 Å². The third-order valence-corrected chi connectivity index (χ3v) is 6.46. The Morgan fingerprint density at radius 1 is 1.35 bits per heavy atom. The first-order valence-electron chi connectivity index (χ1n) is 9.32. The van der Waals surface area contributed by atoms with Crippen molar-refractivity contribution < 1.29 is 4.79 Å². The van der Waals surface area contributed by atoms with Crippen LogP contribution in [0.4, 0.5) is 0 Å². The Morgan fingerprint density at radius 2 is 2.19 bits per heavy atom. The monoisotopic (exact) mass is 367 g/mol. The van der Waals surface area contributed by atoms with Crippen molar-refractivity contribution in [3.63, 3.8) is 0 Å². The van der Waals surface area contributed by atoms with E-state index in [4.69, 9.17) is 0 Å². The summed E-state index contributed by atoms with van der Waals surface area (Å²) in [7, 11) is 0. The summed E-state index contributed by atoms with van der Waals surface area (Å²) in [6.07, 6.45) is 8.83. The molecule has 1 aromatic carbocycles. The molecule has 136 valence electrons. The molecule has 2 aliphatic rings. The average molecular weight is 368 g/mol. The van der Waals surface area contributed by atoms with Gasteiger partial charge in [0.25, 0.3) is 5.91 Å². The Morgan fingerprint density at radius 3 is 3.00 bits per heavy atom. The van der Waals surface area contributed by atoms with Crippen LogP contribution in [0.15, 0.2) is 47.6 Å². The minimum Gasteiger partial charge on any atom is -0.348 e. The summed E-state index contributed by atoms with van der Waals surface area (Å²) < 4.78 is 0. The molecule has 1 aliphatic carbocycles. The summed E-state index contributed by atoms with van der Waals surface area (Å²) in [5, 5.41) is 7.55. The van der Waals surface area contributed by atoms with Crippen LogP contribution in [0.5, 0.6) is 0 Å². The number of pyridine rings is 1. The molecule has 26 heavy (non-hydrogen) atoms. The van der Waals surface area contributed by atoms with Crippen LogP contribution in [0.2, 0.25) is 0 Å². The molecule has 1 amide bonds. The maximum atomic E-state index is 12.4.